The molecule has 2 aromatic rings. The Morgan fingerprint density at radius 1 is 0.962 bits per heavy atom. The van der Waals surface area contributed by atoms with Crippen LogP contribution >= 0.6 is 11.6 Å². The van der Waals surface area contributed by atoms with Crippen molar-refractivity contribution in [3.05, 3.63) is 76.3 Å². The number of amides is 3. The zero-order chi connectivity index (χ0) is 37.7. The summed E-state index contributed by atoms with van der Waals surface area (Å²) in [7, 11) is 1.52. The van der Waals surface area contributed by atoms with Crippen LogP contribution in [0.4, 0.5) is 0 Å². The number of cyclic esters (lactones) is 1. The second kappa shape index (κ2) is 16.8. The van der Waals surface area contributed by atoms with Crippen LogP contribution in [0.1, 0.15) is 83.1 Å². The Morgan fingerprint density at radius 2 is 1.65 bits per heavy atom. The Bertz CT molecular complexity index is 1640. The molecule has 1 aliphatic carbocycles. The van der Waals surface area contributed by atoms with Crippen LogP contribution in [0, 0.1) is 23.2 Å². The van der Waals surface area contributed by atoms with Gasteiger partial charge < -0.3 is 35.9 Å². The van der Waals surface area contributed by atoms with Crippen molar-refractivity contribution >= 4 is 35.3 Å². The van der Waals surface area contributed by atoms with Gasteiger partial charge in [-0.2, -0.15) is 0 Å². The number of nitrogens with one attached hydrogen (secondary N) is 3. The number of rotatable bonds is 10. The van der Waals surface area contributed by atoms with E-state index in [2.05, 4.69) is 16.0 Å². The molecule has 4 unspecified atom stereocenters. The van der Waals surface area contributed by atoms with Crippen LogP contribution in [0.15, 0.2) is 54.6 Å². The molecular weight excluding hydrogens is 684 g/mol. The molecule has 11 nitrogen and oxygen atoms in total. The van der Waals surface area contributed by atoms with E-state index in [-0.39, 0.29) is 48.7 Å². The Labute approximate surface area is 311 Å². The highest BCUT2D eigenvalue weighted by Gasteiger charge is 2.49. The van der Waals surface area contributed by atoms with E-state index in [0.29, 0.717) is 23.7 Å². The first-order valence-corrected chi connectivity index (χ1v) is 18.6. The summed E-state index contributed by atoms with van der Waals surface area (Å²) in [5.41, 5.74) is 7.42. The Hall–Kier alpha value is -3.93. The number of carbonyl (C=O) groups excluding carboxylic acids is 4. The van der Waals surface area contributed by atoms with Crippen LogP contribution < -0.4 is 26.4 Å². The molecule has 5 rings (SSSR count). The second-order valence-corrected chi connectivity index (χ2v) is 15.8. The molecule has 282 valence electrons. The largest absolute Gasteiger partial charge is 0.495 e. The maximum absolute atomic E-state index is 14.1. The highest BCUT2D eigenvalue weighted by Crippen LogP contribution is 2.45. The lowest BCUT2D eigenvalue weighted by atomic mass is 9.80. The molecule has 1 saturated carbocycles. The van der Waals surface area contributed by atoms with Crippen LogP contribution in [0.3, 0.4) is 0 Å². The van der Waals surface area contributed by atoms with Crippen molar-refractivity contribution in [2.45, 2.75) is 110 Å². The van der Waals surface area contributed by atoms with E-state index in [4.69, 9.17) is 31.5 Å². The molecule has 2 fully saturated rings. The number of esters is 1. The van der Waals surface area contributed by atoms with E-state index in [1.165, 1.54) is 13.2 Å². The van der Waals surface area contributed by atoms with Gasteiger partial charge >= 0.3 is 5.97 Å². The van der Waals surface area contributed by atoms with Gasteiger partial charge in [0.2, 0.25) is 17.7 Å². The van der Waals surface area contributed by atoms with E-state index in [9.17, 15) is 19.2 Å². The monoisotopic (exact) mass is 736 g/mol. The van der Waals surface area contributed by atoms with Crippen molar-refractivity contribution in [1.29, 1.82) is 0 Å². The van der Waals surface area contributed by atoms with Crippen molar-refractivity contribution in [1.82, 2.24) is 16.0 Å². The zero-order valence-electron chi connectivity index (χ0n) is 30.9. The summed E-state index contributed by atoms with van der Waals surface area (Å²) in [4.78, 5) is 55.5. The lowest BCUT2D eigenvalue weighted by Gasteiger charge is -2.36. The van der Waals surface area contributed by atoms with Crippen LogP contribution in [-0.2, 0) is 41.6 Å². The lowest BCUT2D eigenvalue weighted by molar-refractivity contribution is -0.157. The first-order valence-electron chi connectivity index (χ1n) is 18.3. The summed E-state index contributed by atoms with van der Waals surface area (Å²) < 4.78 is 17.6. The summed E-state index contributed by atoms with van der Waals surface area (Å²) in [6.07, 6.45) is 4.36. The zero-order valence-corrected chi connectivity index (χ0v) is 31.7. The number of halogens is 1. The molecule has 12 heteroatoms. The highest BCUT2D eigenvalue weighted by atomic mass is 35.5. The number of epoxide rings is 1. The van der Waals surface area contributed by atoms with Gasteiger partial charge in [-0.15, -0.1) is 0 Å². The second-order valence-electron chi connectivity index (χ2n) is 15.4. The number of carbonyl (C=O) groups is 4. The van der Waals surface area contributed by atoms with E-state index in [0.717, 1.165) is 29.5 Å². The molecule has 2 aromatic carbocycles. The smallest absolute Gasteiger partial charge is 0.328 e. The number of ether oxygens (including phenoxy) is 3. The molecule has 52 heavy (non-hydrogen) atoms. The van der Waals surface area contributed by atoms with Crippen LogP contribution in [-0.4, -0.2) is 61.1 Å². The van der Waals surface area contributed by atoms with Gasteiger partial charge in [0, 0.05) is 31.3 Å². The summed E-state index contributed by atoms with van der Waals surface area (Å²) >= 11 is 6.40. The fourth-order valence-corrected chi connectivity index (χ4v) is 7.28. The number of hydrogen-bond acceptors (Lipinski definition) is 8. The SMILES string of the molecule is COc1ccc(C[C@H]2NC(=O)/C=C/C[C@@H](C(C)C3OC3c3ccc(CN)cc3)OC(=O)[C@H](CC(C)C)NC(=O)C(C)(C)C(C3CC3)NC2=O)cc1Cl. The van der Waals surface area contributed by atoms with Crippen molar-refractivity contribution in [3.8, 4) is 5.75 Å². The van der Waals surface area contributed by atoms with Crippen molar-refractivity contribution in [3.63, 3.8) is 0 Å². The van der Waals surface area contributed by atoms with Crippen molar-refractivity contribution < 1.29 is 33.4 Å². The van der Waals surface area contributed by atoms with Crippen LogP contribution in [0.25, 0.3) is 0 Å². The normalized spacial score (nSPS) is 28.2. The molecule has 3 amide bonds. The van der Waals surface area contributed by atoms with Crippen molar-refractivity contribution in [2.75, 3.05) is 7.11 Å². The van der Waals surface area contributed by atoms with Crippen molar-refractivity contribution in [2.24, 2.45) is 28.9 Å². The predicted octanol–water partition coefficient (Wildman–Crippen LogP) is 4.93. The quantitative estimate of drug-likeness (QED) is 0.197. The van der Waals surface area contributed by atoms with Gasteiger partial charge in [-0.1, -0.05) is 68.8 Å². The third kappa shape index (κ3) is 9.73. The minimum absolute atomic E-state index is 0.0639. The van der Waals surface area contributed by atoms with E-state index < -0.39 is 47.4 Å². The lowest BCUT2D eigenvalue weighted by Crippen LogP contribution is -2.59. The van der Waals surface area contributed by atoms with Gasteiger partial charge in [0.15, 0.2) is 0 Å². The fraction of sp³-hybridized carbons (Fsp3) is 0.550. The topological polar surface area (TPSA) is 161 Å². The number of nitrogens with two attached hydrogens (primary N) is 1. The molecule has 2 aliphatic heterocycles. The number of methoxy groups -OCH3 is 1. The van der Waals surface area contributed by atoms with E-state index >= 15 is 0 Å². The standard InChI is InChI=1S/C40H53ClN4O7/c1-22(2)18-30-38(48)51-31(23(3)34-35(52-34)26-13-10-24(21-42)11-14-26)8-7-9-33(46)43-29(20-25-12-17-32(50-6)28(41)19-25)37(47)45-36(27-15-16-27)40(4,5)39(49)44-30/h7,9-14,17,19,22-23,27,29-31,34-36H,8,15-16,18,20-21,42H2,1-6H3,(H,43,46)(H,44,49)(H,45,47)/b9-7+/t23?,29-,30+,31+,34?,35?,36?/m1/s1. The fourth-order valence-electron chi connectivity index (χ4n) is 7.00. The summed E-state index contributed by atoms with van der Waals surface area (Å²) in [6.45, 7) is 9.92. The Morgan fingerprint density at radius 3 is 2.27 bits per heavy atom. The molecule has 0 aromatic heterocycles. The first kappa shape index (κ1) is 39.3. The first-order chi connectivity index (χ1) is 24.7. The van der Waals surface area contributed by atoms with Gasteiger partial charge in [0.1, 0.15) is 30.0 Å². The molecule has 0 spiro atoms. The van der Waals surface area contributed by atoms with Gasteiger partial charge in [-0.05, 0) is 79.8 Å². The average molecular weight is 737 g/mol. The Balaban J connectivity index is 1.44. The number of benzene rings is 2. The number of hydrogen-bond donors (Lipinski definition) is 4. The van der Waals surface area contributed by atoms with Gasteiger partial charge in [-0.3, -0.25) is 14.4 Å². The summed E-state index contributed by atoms with van der Waals surface area (Å²) in [6, 6.07) is 10.7. The van der Waals surface area contributed by atoms with Gasteiger partial charge in [0.25, 0.3) is 0 Å². The minimum Gasteiger partial charge on any atom is -0.495 e. The van der Waals surface area contributed by atoms with Crippen LogP contribution in [0.5, 0.6) is 5.75 Å². The molecule has 7 atom stereocenters. The maximum atomic E-state index is 14.1. The Kier molecular flexibility index (Phi) is 12.7. The molecule has 3 aliphatic rings. The molecular formula is C40H53ClN4O7. The maximum Gasteiger partial charge on any atom is 0.328 e. The minimum atomic E-state index is -1.09. The van der Waals surface area contributed by atoms with Crippen LogP contribution in [0.2, 0.25) is 5.02 Å². The third-order valence-electron chi connectivity index (χ3n) is 10.4. The molecule has 5 N–H and O–H groups in total. The van der Waals surface area contributed by atoms with Gasteiger partial charge in [-0.25, -0.2) is 4.79 Å². The van der Waals surface area contributed by atoms with Gasteiger partial charge in [0.05, 0.1) is 23.7 Å². The molecule has 1 saturated heterocycles. The highest BCUT2D eigenvalue weighted by molar-refractivity contribution is 6.32. The molecule has 0 radical (unpaired) electrons. The molecule has 2 heterocycles. The van der Waals surface area contributed by atoms with E-state index in [1.807, 2.05) is 45.0 Å². The predicted molar refractivity (Wildman–Crippen MR) is 198 cm³/mol. The summed E-state index contributed by atoms with van der Waals surface area (Å²) in [5, 5.41) is 9.36. The third-order valence-corrected chi connectivity index (χ3v) is 10.7. The average Bonchev–Trinajstić information content (AvgIpc) is 4.04. The van der Waals surface area contributed by atoms with E-state index in [1.54, 1.807) is 38.1 Å². The molecule has 0 bridgehead atoms. The summed E-state index contributed by atoms with van der Waals surface area (Å²) in [5.74, 6) is -1.43.